The maximum absolute atomic E-state index is 13.2. The number of piperidine rings is 1. The van der Waals surface area contributed by atoms with Crippen LogP contribution in [0.2, 0.25) is 0 Å². The maximum Gasteiger partial charge on any atom is 0.323 e. The fraction of sp³-hybridized carbons (Fsp3) is 0.310. The van der Waals surface area contributed by atoms with Crippen LogP contribution in [0, 0.1) is 11.7 Å². The third kappa shape index (κ3) is 7.30. The fourth-order valence-electron chi connectivity index (χ4n) is 4.83. The predicted octanol–water partition coefficient (Wildman–Crippen LogP) is 5.07. The molecule has 8 heteroatoms. The van der Waals surface area contributed by atoms with Crippen LogP contribution in [-0.4, -0.2) is 43.6 Å². The van der Waals surface area contributed by atoms with Crippen LogP contribution in [0.15, 0.2) is 66.7 Å². The number of rotatable bonds is 9. The summed E-state index contributed by atoms with van der Waals surface area (Å²) in [6, 6.07) is 18.6. The highest BCUT2D eigenvalue weighted by atomic mass is 19.1. The Kier molecular flexibility index (Phi) is 8.74. The van der Waals surface area contributed by atoms with Gasteiger partial charge >= 0.3 is 6.03 Å². The van der Waals surface area contributed by atoms with Gasteiger partial charge in [0.2, 0.25) is 5.91 Å². The molecule has 1 aliphatic heterocycles. The minimum absolute atomic E-state index is 0.207. The normalized spacial score (nSPS) is 14.2. The van der Waals surface area contributed by atoms with Crippen LogP contribution in [0.25, 0.3) is 0 Å². The lowest BCUT2D eigenvalue weighted by atomic mass is 9.90. The number of carbonyl (C=O) groups is 2. The van der Waals surface area contributed by atoms with E-state index < -0.39 is 11.9 Å². The van der Waals surface area contributed by atoms with E-state index in [-0.39, 0.29) is 5.82 Å². The molecule has 4 N–H and O–H groups in total. The van der Waals surface area contributed by atoms with E-state index in [1.807, 2.05) is 12.1 Å². The summed E-state index contributed by atoms with van der Waals surface area (Å²) in [5, 5.41) is 5.67. The van der Waals surface area contributed by atoms with Crippen molar-refractivity contribution < 1.29 is 18.7 Å². The number of nitrogens with two attached hydrogens (primary N) is 1. The Bertz CT molecular complexity index is 1220. The SMILES string of the molecule is COc1cccc(NC(=O)Nc2cccc(C(N)=O)c2CCN2CCC(Cc3ccc(F)cc3)CC2)c1. The van der Waals surface area contributed by atoms with E-state index in [9.17, 15) is 14.0 Å². The van der Waals surface area contributed by atoms with Crippen LogP contribution in [0.5, 0.6) is 5.75 Å². The molecular weight excluding hydrogens is 471 g/mol. The number of carbonyl (C=O) groups excluding carboxylic acids is 2. The Hall–Kier alpha value is -3.91. The van der Waals surface area contributed by atoms with Gasteiger partial charge in [-0.1, -0.05) is 24.3 Å². The van der Waals surface area contributed by atoms with Crippen molar-refractivity contribution in [2.45, 2.75) is 25.7 Å². The number of benzene rings is 3. The Morgan fingerprint density at radius 3 is 2.46 bits per heavy atom. The van der Waals surface area contributed by atoms with E-state index in [0.717, 1.165) is 50.0 Å². The number of urea groups is 1. The lowest BCUT2D eigenvalue weighted by molar-refractivity contribution is 0.0999. The van der Waals surface area contributed by atoms with E-state index in [1.165, 1.54) is 12.1 Å². The molecule has 0 saturated carbocycles. The predicted molar refractivity (Wildman–Crippen MR) is 144 cm³/mol. The number of likely N-dealkylation sites (tertiary alicyclic amines) is 1. The van der Waals surface area contributed by atoms with Gasteiger partial charge in [-0.25, -0.2) is 9.18 Å². The van der Waals surface area contributed by atoms with Crippen LogP contribution in [-0.2, 0) is 12.8 Å². The zero-order valence-electron chi connectivity index (χ0n) is 21.0. The number of nitrogens with one attached hydrogen (secondary N) is 2. The van der Waals surface area contributed by atoms with Crippen molar-refractivity contribution in [2.75, 3.05) is 37.4 Å². The van der Waals surface area contributed by atoms with E-state index in [4.69, 9.17) is 10.5 Å². The Morgan fingerprint density at radius 1 is 1.03 bits per heavy atom. The average molecular weight is 505 g/mol. The van der Waals surface area contributed by atoms with Crippen LogP contribution >= 0.6 is 0 Å². The lowest BCUT2D eigenvalue weighted by Crippen LogP contribution is -2.36. The van der Waals surface area contributed by atoms with Gasteiger partial charge in [0.1, 0.15) is 11.6 Å². The molecule has 0 aliphatic carbocycles. The first-order valence-electron chi connectivity index (χ1n) is 12.5. The summed E-state index contributed by atoms with van der Waals surface area (Å²) in [6.45, 7) is 2.65. The molecule has 37 heavy (non-hydrogen) atoms. The Labute approximate surface area is 216 Å². The van der Waals surface area contributed by atoms with E-state index >= 15 is 0 Å². The number of anilines is 2. The highest BCUT2D eigenvalue weighted by Crippen LogP contribution is 2.25. The zero-order valence-corrected chi connectivity index (χ0v) is 21.0. The molecule has 0 bridgehead atoms. The molecule has 3 amide bonds. The highest BCUT2D eigenvalue weighted by Gasteiger charge is 2.21. The van der Waals surface area contributed by atoms with Gasteiger partial charge in [-0.05, 0) is 92.2 Å². The second kappa shape index (κ2) is 12.4. The minimum atomic E-state index is -0.523. The van der Waals surface area contributed by atoms with Crippen molar-refractivity contribution in [1.82, 2.24) is 4.90 Å². The van der Waals surface area contributed by atoms with Gasteiger partial charge in [0, 0.05) is 29.5 Å². The summed E-state index contributed by atoms with van der Waals surface area (Å²) in [5.74, 6) is 0.471. The quantitative estimate of drug-likeness (QED) is 0.379. The van der Waals surface area contributed by atoms with Gasteiger partial charge in [0.15, 0.2) is 0 Å². The van der Waals surface area contributed by atoms with Crippen molar-refractivity contribution in [3.05, 3.63) is 89.2 Å². The molecule has 0 spiro atoms. The maximum atomic E-state index is 13.2. The Morgan fingerprint density at radius 2 is 1.76 bits per heavy atom. The summed E-state index contributed by atoms with van der Waals surface area (Å²) in [7, 11) is 1.56. The monoisotopic (exact) mass is 504 g/mol. The second-order valence-electron chi connectivity index (χ2n) is 9.37. The molecule has 1 aliphatic rings. The van der Waals surface area contributed by atoms with Gasteiger partial charge < -0.3 is 26.0 Å². The molecule has 3 aromatic carbocycles. The van der Waals surface area contributed by atoms with E-state index in [1.54, 1.807) is 49.6 Å². The molecule has 194 valence electrons. The number of ether oxygens (including phenoxy) is 1. The standard InChI is InChI=1S/C29H33FN4O3/c1-37-24-5-2-4-23(19-24)32-29(36)33-27-7-3-6-26(28(31)35)25(27)14-17-34-15-12-21(13-16-34)18-20-8-10-22(30)11-9-20/h2-11,19,21H,12-18H2,1H3,(H2,31,35)(H2,32,33,36). The first-order valence-corrected chi connectivity index (χ1v) is 12.5. The molecule has 4 rings (SSSR count). The first kappa shape index (κ1) is 26.2. The van der Waals surface area contributed by atoms with E-state index in [0.29, 0.717) is 35.0 Å². The number of hydrogen-bond acceptors (Lipinski definition) is 4. The number of methoxy groups -OCH3 is 1. The Balaban J connectivity index is 1.36. The first-order chi connectivity index (χ1) is 17.9. The molecular formula is C29H33FN4O3. The molecule has 7 nitrogen and oxygen atoms in total. The van der Waals surface area contributed by atoms with Crippen LogP contribution in [0.1, 0.15) is 34.3 Å². The van der Waals surface area contributed by atoms with Crippen molar-refractivity contribution in [3.63, 3.8) is 0 Å². The van der Waals surface area contributed by atoms with Crippen molar-refractivity contribution in [3.8, 4) is 5.75 Å². The molecule has 0 unspecified atom stereocenters. The van der Waals surface area contributed by atoms with Gasteiger partial charge in [-0.3, -0.25) is 4.79 Å². The summed E-state index contributed by atoms with van der Waals surface area (Å²) in [4.78, 5) is 27.2. The number of halogens is 1. The topological polar surface area (TPSA) is 96.7 Å². The summed E-state index contributed by atoms with van der Waals surface area (Å²) in [6.07, 6.45) is 3.65. The van der Waals surface area contributed by atoms with Crippen LogP contribution < -0.4 is 21.1 Å². The number of primary amides is 1. The van der Waals surface area contributed by atoms with Crippen molar-refractivity contribution >= 4 is 23.3 Å². The third-order valence-corrected chi connectivity index (χ3v) is 6.84. The zero-order chi connectivity index (χ0) is 26.2. The molecule has 3 aromatic rings. The fourth-order valence-corrected chi connectivity index (χ4v) is 4.83. The van der Waals surface area contributed by atoms with E-state index in [2.05, 4.69) is 15.5 Å². The third-order valence-electron chi connectivity index (χ3n) is 6.84. The van der Waals surface area contributed by atoms with Crippen LogP contribution in [0.4, 0.5) is 20.6 Å². The smallest absolute Gasteiger partial charge is 0.323 e. The van der Waals surface area contributed by atoms with Gasteiger partial charge in [-0.2, -0.15) is 0 Å². The van der Waals surface area contributed by atoms with Crippen LogP contribution in [0.3, 0.4) is 0 Å². The number of amides is 3. The summed E-state index contributed by atoms with van der Waals surface area (Å²) in [5.41, 5.74) is 9.11. The van der Waals surface area contributed by atoms with Crippen molar-refractivity contribution in [1.29, 1.82) is 0 Å². The lowest BCUT2D eigenvalue weighted by Gasteiger charge is -2.32. The summed E-state index contributed by atoms with van der Waals surface area (Å²) >= 11 is 0. The molecule has 0 radical (unpaired) electrons. The van der Waals surface area contributed by atoms with Gasteiger partial charge in [-0.15, -0.1) is 0 Å². The second-order valence-corrected chi connectivity index (χ2v) is 9.37. The molecule has 1 fully saturated rings. The minimum Gasteiger partial charge on any atom is -0.497 e. The molecule has 1 heterocycles. The largest absolute Gasteiger partial charge is 0.497 e. The highest BCUT2D eigenvalue weighted by molar-refractivity contribution is 6.02. The molecule has 0 aromatic heterocycles. The molecule has 0 atom stereocenters. The summed E-state index contributed by atoms with van der Waals surface area (Å²) < 4.78 is 18.4. The number of nitrogens with zero attached hydrogens (tertiary/aromatic N) is 1. The van der Waals surface area contributed by atoms with Gasteiger partial charge in [0.25, 0.3) is 0 Å². The van der Waals surface area contributed by atoms with Gasteiger partial charge in [0.05, 0.1) is 7.11 Å². The molecule has 1 saturated heterocycles. The van der Waals surface area contributed by atoms with Crippen molar-refractivity contribution in [2.24, 2.45) is 11.7 Å². The average Bonchev–Trinajstić information content (AvgIpc) is 2.90. The number of hydrogen-bond donors (Lipinski definition) is 3.